The van der Waals surface area contributed by atoms with Gasteiger partial charge in [-0.05, 0) is 56.2 Å². The Morgan fingerprint density at radius 1 is 1.18 bits per heavy atom. The van der Waals surface area contributed by atoms with E-state index in [1.165, 1.54) is 25.0 Å². The fourth-order valence-corrected chi connectivity index (χ4v) is 2.51. The van der Waals surface area contributed by atoms with E-state index in [1.54, 1.807) is 17.8 Å². The van der Waals surface area contributed by atoms with E-state index in [9.17, 15) is 8.78 Å². The van der Waals surface area contributed by atoms with Crippen molar-refractivity contribution in [1.82, 2.24) is 5.32 Å². The van der Waals surface area contributed by atoms with Crippen LogP contribution in [0.3, 0.4) is 0 Å². The van der Waals surface area contributed by atoms with Crippen LogP contribution in [0.2, 0.25) is 0 Å². The SMILES string of the molecule is Fc1ccc(SCCCCNC2CC2)cc1F. The van der Waals surface area contributed by atoms with Crippen molar-refractivity contribution >= 4 is 11.8 Å². The van der Waals surface area contributed by atoms with Crippen molar-refractivity contribution in [2.75, 3.05) is 12.3 Å². The third kappa shape index (κ3) is 4.64. The predicted octanol–water partition coefficient (Wildman–Crippen LogP) is 3.59. The topological polar surface area (TPSA) is 12.0 Å². The second-order valence-electron chi connectivity index (χ2n) is 4.36. The highest BCUT2D eigenvalue weighted by molar-refractivity contribution is 7.99. The van der Waals surface area contributed by atoms with Gasteiger partial charge in [-0.15, -0.1) is 11.8 Å². The van der Waals surface area contributed by atoms with Gasteiger partial charge in [0.2, 0.25) is 0 Å². The van der Waals surface area contributed by atoms with Crippen LogP contribution < -0.4 is 5.32 Å². The molecule has 1 fully saturated rings. The van der Waals surface area contributed by atoms with Gasteiger partial charge in [0.1, 0.15) is 0 Å². The predicted molar refractivity (Wildman–Crippen MR) is 67.3 cm³/mol. The minimum Gasteiger partial charge on any atom is -0.314 e. The van der Waals surface area contributed by atoms with Crippen LogP contribution in [-0.4, -0.2) is 18.3 Å². The molecule has 1 nitrogen and oxygen atoms in total. The van der Waals surface area contributed by atoms with Crippen LogP contribution in [0.1, 0.15) is 25.7 Å². The molecule has 0 bridgehead atoms. The van der Waals surface area contributed by atoms with E-state index < -0.39 is 11.6 Å². The standard InChI is InChI=1S/C13H17F2NS/c14-12-6-5-11(9-13(12)15)17-8-2-1-7-16-10-3-4-10/h5-6,9-10,16H,1-4,7-8H2. The van der Waals surface area contributed by atoms with Crippen molar-refractivity contribution in [3.63, 3.8) is 0 Å². The molecule has 1 aromatic rings. The first-order valence-corrected chi connectivity index (χ1v) is 7.05. The summed E-state index contributed by atoms with van der Waals surface area (Å²) in [4.78, 5) is 0.805. The number of benzene rings is 1. The van der Waals surface area contributed by atoms with Gasteiger partial charge in [-0.2, -0.15) is 0 Å². The van der Waals surface area contributed by atoms with Gasteiger partial charge in [-0.25, -0.2) is 8.78 Å². The molecule has 1 aliphatic rings. The maximum atomic E-state index is 12.9. The summed E-state index contributed by atoms with van der Waals surface area (Å²) in [5.74, 6) is -0.578. The maximum Gasteiger partial charge on any atom is 0.159 e. The molecule has 1 N–H and O–H groups in total. The smallest absolute Gasteiger partial charge is 0.159 e. The lowest BCUT2D eigenvalue weighted by atomic mass is 10.3. The Balaban J connectivity index is 1.58. The second kappa shape index (κ2) is 6.36. The Hall–Kier alpha value is -0.610. The zero-order chi connectivity index (χ0) is 12.1. The molecule has 0 heterocycles. The Bertz CT molecular complexity index is 366. The molecule has 0 spiro atoms. The fourth-order valence-electron chi connectivity index (χ4n) is 1.58. The third-order valence-electron chi connectivity index (χ3n) is 2.74. The summed E-state index contributed by atoms with van der Waals surface area (Å²) >= 11 is 1.58. The monoisotopic (exact) mass is 257 g/mol. The van der Waals surface area contributed by atoms with Crippen LogP contribution in [0.5, 0.6) is 0 Å². The van der Waals surface area contributed by atoms with E-state index in [0.717, 1.165) is 36.1 Å². The second-order valence-corrected chi connectivity index (χ2v) is 5.53. The third-order valence-corrected chi connectivity index (χ3v) is 3.82. The molecule has 0 radical (unpaired) electrons. The zero-order valence-corrected chi connectivity index (χ0v) is 10.5. The number of hydrogen-bond donors (Lipinski definition) is 1. The molecule has 4 heteroatoms. The molecule has 0 aromatic heterocycles. The summed E-state index contributed by atoms with van der Waals surface area (Å²) in [5.41, 5.74) is 0. The Labute approximate surface area is 105 Å². The van der Waals surface area contributed by atoms with E-state index in [0.29, 0.717) is 0 Å². The first kappa shape index (κ1) is 12.8. The number of hydrogen-bond acceptors (Lipinski definition) is 2. The molecule has 2 rings (SSSR count). The van der Waals surface area contributed by atoms with E-state index in [4.69, 9.17) is 0 Å². The van der Waals surface area contributed by atoms with Crippen LogP contribution in [0.15, 0.2) is 23.1 Å². The lowest BCUT2D eigenvalue weighted by Crippen LogP contribution is -2.17. The fraction of sp³-hybridized carbons (Fsp3) is 0.538. The van der Waals surface area contributed by atoms with Crippen molar-refractivity contribution in [2.24, 2.45) is 0 Å². The largest absolute Gasteiger partial charge is 0.314 e. The highest BCUT2D eigenvalue weighted by atomic mass is 32.2. The van der Waals surface area contributed by atoms with Gasteiger partial charge in [0.25, 0.3) is 0 Å². The molecule has 0 atom stereocenters. The molecule has 0 aliphatic heterocycles. The number of halogens is 2. The van der Waals surface area contributed by atoms with Crippen LogP contribution in [0.25, 0.3) is 0 Å². The van der Waals surface area contributed by atoms with Crippen molar-refractivity contribution < 1.29 is 8.78 Å². The van der Waals surface area contributed by atoms with Crippen molar-refractivity contribution in [3.8, 4) is 0 Å². The van der Waals surface area contributed by atoms with E-state index >= 15 is 0 Å². The molecule has 17 heavy (non-hydrogen) atoms. The molecule has 94 valence electrons. The molecule has 1 aromatic carbocycles. The number of unbranched alkanes of at least 4 members (excludes halogenated alkanes) is 1. The van der Waals surface area contributed by atoms with Crippen LogP contribution in [0, 0.1) is 11.6 Å². The van der Waals surface area contributed by atoms with Gasteiger partial charge in [0.05, 0.1) is 0 Å². The number of nitrogens with one attached hydrogen (secondary N) is 1. The average Bonchev–Trinajstić information content (AvgIpc) is 3.12. The van der Waals surface area contributed by atoms with Crippen molar-refractivity contribution in [3.05, 3.63) is 29.8 Å². The van der Waals surface area contributed by atoms with E-state index in [2.05, 4.69) is 5.32 Å². The van der Waals surface area contributed by atoms with Gasteiger partial charge in [-0.3, -0.25) is 0 Å². The van der Waals surface area contributed by atoms with Crippen LogP contribution >= 0.6 is 11.8 Å². The molecule has 1 saturated carbocycles. The summed E-state index contributed by atoms with van der Waals surface area (Å²) in [7, 11) is 0. The number of rotatable bonds is 7. The number of thioether (sulfide) groups is 1. The molecule has 0 unspecified atom stereocenters. The normalized spacial score (nSPS) is 15.2. The van der Waals surface area contributed by atoms with Crippen LogP contribution in [-0.2, 0) is 0 Å². The Morgan fingerprint density at radius 3 is 2.71 bits per heavy atom. The van der Waals surface area contributed by atoms with Gasteiger partial charge >= 0.3 is 0 Å². The minimum absolute atomic E-state index is 0.759. The quantitative estimate of drug-likeness (QED) is 0.592. The first-order chi connectivity index (χ1) is 8.25. The summed E-state index contributed by atoms with van der Waals surface area (Å²) in [5, 5.41) is 3.45. The lowest BCUT2D eigenvalue weighted by Gasteiger charge is -2.03. The highest BCUT2D eigenvalue weighted by Crippen LogP contribution is 2.22. The summed E-state index contributed by atoms with van der Waals surface area (Å²) in [6.07, 6.45) is 4.89. The van der Waals surface area contributed by atoms with E-state index in [1.807, 2.05) is 0 Å². The Kier molecular flexibility index (Phi) is 4.80. The Morgan fingerprint density at radius 2 is 2.00 bits per heavy atom. The van der Waals surface area contributed by atoms with Crippen LogP contribution in [0.4, 0.5) is 8.78 Å². The molecule has 1 aliphatic carbocycles. The molecular formula is C13H17F2NS. The van der Waals surface area contributed by atoms with Gasteiger partial charge in [0.15, 0.2) is 11.6 Å². The van der Waals surface area contributed by atoms with Gasteiger partial charge in [-0.1, -0.05) is 0 Å². The first-order valence-electron chi connectivity index (χ1n) is 6.07. The van der Waals surface area contributed by atoms with Gasteiger partial charge in [0, 0.05) is 10.9 Å². The van der Waals surface area contributed by atoms with Crippen molar-refractivity contribution in [1.29, 1.82) is 0 Å². The van der Waals surface area contributed by atoms with Gasteiger partial charge < -0.3 is 5.32 Å². The molecule has 0 saturated heterocycles. The maximum absolute atomic E-state index is 12.9. The minimum atomic E-state index is -0.775. The summed E-state index contributed by atoms with van der Waals surface area (Å²) < 4.78 is 25.6. The zero-order valence-electron chi connectivity index (χ0n) is 9.72. The average molecular weight is 257 g/mol. The lowest BCUT2D eigenvalue weighted by molar-refractivity contribution is 0.506. The molecular weight excluding hydrogens is 240 g/mol. The summed E-state index contributed by atoms with van der Waals surface area (Å²) in [6.45, 7) is 1.07. The summed E-state index contributed by atoms with van der Waals surface area (Å²) in [6, 6.07) is 4.86. The highest BCUT2D eigenvalue weighted by Gasteiger charge is 2.19. The van der Waals surface area contributed by atoms with Crippen molar-refractivity contribution in [2.45, 2.75) is 36.6 Å². The molecule has 0 amide bonds. The van der Waals surface area contributed by atoms with E-state index in [-0.39, 0.29) is 0 Å².